The van der Waals surface area contributed by atoms with Gasteiger partial charge in [-0.1, -0.05) is 18.2 Å². The normalized spacial score (nSPS) is 15.8. The maximum absolute atomic E-state index is 12.9. The average molecular weight is 346 g/mol. The summed E-state index contributed by atoms with van der Waals surface area (Å²) < 4.78 is 1.91. The number of aromatic amines is 1. The Balaban J connectivity index is 1.35. The third-order valence-electron chi connectivity index (χ3n) is 5.19. The van der Waals surface area contributed by atoms with E-state index in [1.165, 1.54) is 0 Å². The number of carbonyl (C=O) groups is 1. The van der Waals surface area contributed by atoms with Crippen molar-refractivity contribution in [2.75, 3.05) is 13.1 Å². The van der Waals surface area contributed by atoms with E-state index in [9.17, 15) is 4.79 Å². The zero-order valence-electron chi connectivity index (χ0n) is 14.2. The number of rotatable bonds is 2. The molecule has 0 spiro atoms. The van der Waals surface area contributed by atoms with Crippen LogP contribution in [0.5, 0.6) is 0 Å². The van der Waals surface area contributed by atoms with Crippen LogP contribution in [0.1, 0.15) is 34.9 Å². The number of likely N-dealkylation sites (tertiary alicyclic amines) is 1. The molecule has 3 aromatic heterocycles. The number of carbonyl (C=O) groups excluding carboxylic acids is 1. The Bertz CT molecular complexity index is 1090. The molecule has 1 amide bonds. The van der Waals surface area contributed by atoms with E-state index in [2.05, 4.69) is 20.3 Å². The number of amides is 1. The maximum atomic E-state index is 12.9. The Morgan fingerprint density at radius 2 is 1.92 bits per heavy atom. The summed E-state index contributed by atoms with van der Waals surface area (Å²) in [7, 11) is 0. The van der Waals surface area contributed by atoms with Crippen LogP contribution in [0.25, 0.3) is 16.6 Å². The second kappa shape index (κ2) is 5.94. The molecule has 26 heavy (non-hydrogen) atoms. The molecule has 7 nitrogen and oxygen atoms in total. The lowest BCUT2D eigenvalue weighted by Crippen LogP contribution is -2.38. The van der Waals surface area contributed by atoms with Crippen molar-refractivity contribution in [1.29, 1.82) is 0 Å². The van der Waals surface area contributed by atoms with Crippen LogP contribution in [0.3, 0.4) is 0 Å². The Labute approximate surface area is 149 Å². The van der Waals surface area contributed by atoms with Gasteiger partial charge in [-0.25, -0.2) is 9.50 Å². The molecule has 1 aliphatic heterocycles. The van der Waals surface area contributed by atoms with E-state index >= 15 is 0 Å². The van der Waals surface area contributed by atoms with Crippen molar-refractivity contribution in [3.05, 3.63) is 60.2 Å². The quantitative estimate of drug-likeness (QED) is 0.605. The minimum Gasteiger partial charge on any atom is -0.337 e. The zero-order valence-corrected chi connectivity index (χ0v) is 14.2. The Kier molecular flexibility index (Phi) is 3.44. The molecule has 0 unspecified atom stereocenters. The number of benzene rings is 1. The molecule has 4 aromatic rings. The molecule has 0 radical (unpaired) electrons. The summed E-state index contributed by atoms with van der Waals surface area (Å²) in [6.45, 7) is 1.44. The highest BCUT2D eigenvalue weighted by atomic mass is 16.2. The van der Waals surface area contributed by atoms with Gasteiger partial charge >= 0.3 is 0 Å². The van der Waals surface area contributed by atoms with Crippen LogP contribution in [0, 0.1) is 0 Å². The summed E-state index contributed by atoms with van der Waals surface area (Å²) in [6.07, 6.45) is 5.42. The molecule has 130 valence electrons. The van der Waals surface area contributed by atoms with Crippen molar-refractivity contribution in [3.8, 4) is 0 Å². The van der Waals surface area contributed by atoms with Gasteiger partial charge in [0.15, 0.2) is 11.3 Å². The molecule has 1 N–H and O–H groups in total. The molecule has 1 saturated heterocycles. The van der Waals surface area contributed by atoms with Gasteiger partial charge in [0.25, 0.3) is 5.91 Å². The Morgan fingerprint density at radius 3 is 2.81 bits per heavy atom. The molecule has 5 rings (SSSR count). The van der Waals surface area contributed by atoms with Crippen LogP contribution in [0.4, 0.5) is 0 Å². The molecule has 0 atom stereocenters. The van der Waals surface area contributed by atoms with Gasteiger partial charge in [-0.05, 0) is 25.0 Å². The first kappa shape index (κ1) is 15.1. The van der Waals surface area contributed by atoms with Gasteiger partial charge < -0.3 is 4.90 Å². The van der Waals surface area contributed by atoms with Crippen molar-refractivity contribution in [1.82, 2.24) is 29.7 Å². The minimum atomic E-state index is -0.000126. The minimum absolute atomic E-state index is 0.000126. The van der Waals surface area contributed by atoms with Crippen LogP contribution in [0.15, 0.2) is 48.8 Å². The summed E-state index contributed by atoms with van der Waals surface area (Å²) in [5.74, 6) is 0.375. The lowest BCUT2D eigenvalue weighted by atomic mass is 9.93. The predicted molar refractivity (Wildman–Crippen MR) is 97.0 cm³/mol. The number of nitrogens with one attached hydrogen (secondary N) is 1. The molecular formula is C19H18N6O. The number of piperidine rings is 1. The molecule has 1 aliphatic rings. The van der Waals surface area contributed by atoms with E-state index in [1.54, 1.807) is 6.20 Å². The fraction of sp³-hybridized carbons (Fsp3) is 0.263. The Morgan fingerprint density at radius 1 is 1.08 bits per heavy atom. The highest BCUT2D eigenvalue weighted by molar-refractivity contribution is 6.04. The van der Waals surface area contributed by atoms with Gasteiger partial charge in [-0.15, -0.1) is 0 Å². The van der Waals surface area contributed by atoms with Crippen molar-refractivity contribution in [2.24, 2.45) is 0 Å². The maximum Gasteiger partial charge on any atom is 0.274 e. The predicted octanol–water partition coefficient (Wildman–Crippen LogP) is 2.63. The molecule has 1 aromatic carbocycles. The third-order valence-corrected chi connectivity index (χ3v) is 5.19. The highest BCUT2D eigenvalue weighted by Crippen LogP contribution is 2.29. The van der Waals surface area contributed by atoms with Crippen LogP contribution in [-0.2, 0) is 0 Å². The van der Waals surface area contributed by atoms with E-state index in [-0.39, 0.29) is 5.91 Å². The first-order chi connectivity index (χ1) is 12.8. The average Bonchev–Trinajstić information content (AvgIpc) is 3.34. The summed E-state index contributed by atoms with van der Waals surface area (Å²) in [4.78, 5) is 19.1. The number of hydrogen-bond donors (Lipinski definition) is 1. The first-order valence-electron chi connectivity index (χ1n) is 8.82. The molecule has 7 heteroatoms. The fourth-order valence-electron chi connectivity index (χ4n) is 3.82. The number of aromatic nitrogens is 5. The van der Waals surface area contributed by atoms with E-state index in [0.29, 0.717) is 11.6 Å². The fourth-order valence-corrected chi connectivity index (χ4v) is 3.82. The summed E-state index contributed by atoms with van der Waals surface area (Å²) in [6, 6.07) is 11.7. The number of para-hydroxylation sites is 1. The van der Waals surface area contributed by atoms with Crippen molar-refractivity contribution in [3.63, 3.8) is 0 Å². The van der Waals surface area contributed by atoms with Crippen LogP contribution in [-0.4, -0.2) is 48.7 Å². The van der Waals surface area contributed by atoms with Gasteiger partial charge in [0.2, 0.25) is 0 Å². The molecule has 0 aliphatic carbocycles. The van der Waals surface area contributed by atoms with E-state index < -0.39 is 0 Å². The van der Waals surface area contributed by atoms with E-state index in [1.807, 2.05) is 52.0 Å². The number of hydrogen-bond acceptors (Lipinski definition) is 4. The van der Waals surface area contributed by atoms with Crippen LogP contribution < -0.4 is 0 Å². The van der Waals surface area contributed by atoms with Gasteiger partial charge in [-0.2, -0.15) is 10.2 Å². The first-order valence-corrected chi connectivity index (χ1v) is 8.82. The number of H-pyrrole nitrogens is 1. The van der Waals surface area contributed by atoms with Crippen LogP contribution in [0.2, 0.25) is 0 Å². The molecule has 1 fully saturated rings. The van der Waals surface area contributed by atoms with E-state index in [0.717, 1.165) is 48.2 Å². The lowest BCUT2D eigenvalue weighted by molar-refractivity contribution is 0.0707. The third kappa shape index (κ3) is 2.35. The van der Waals surface area contributed by atoms with Gasteiger partial charge in [-0.3, -0.25) is 9.89 Å². The molecular weight excluding hydrogens is 328 g/mol. The second-order valence-electron chi connectivity index (χ2n) is 6.66. The molecule has 4 heterocycles. The topological polar surface area (TPSA) is 79.2 Å². The van der Waals surface area contributed by atoms with Crippen molar-refractivity contribution >= 4 is 22.5 Å². The van der Waals surface area contributed by atoms with E-state index in [4.69, 9.17) is 0 Å². The smallest absolute Gasteiger partial charge is 0.274 e. The monoisotopic (exact) mass is 346 g/mol. The largest absolute Gasteiger partial charge is 0.337 e. The van der Waals surface area contributed by atoms with Gasteiger partial charge in [0, 0.05) is 42.4 Å². The zero-order chi connectivity index (χ0) is 17.5. The lowest BCUT2D eigenvalue weighted by Gasteiger charge is -2.31. The number of fused-ring (bicyclic) bond motifs is 2. The second-order valence-corrected chi connectivity index (χ2v) is 6.66. The molecule has 0 saturated carbocycles. The Hall–Kier alpha value is -3.22. The van der Waals surface area contributed by atoms with Gasteiger partial charge in [0.1, 0.15) is 0 Å². The van der Waals surface area contributed by atoms with Crippen molar-refractivity contribution in [2.45, 2.75) is 18.8 Å². The van der Waals surface area contributed by atoms with Gasteiger partial charge in [0.05, 0.1) is 11.7 Å². The standard InChI is InChI=1S/C19H18N6O/c26-19(18-14-3-1-2-4-15(14)22-23-18)24-11-7-13(8-12-24)16-5-9-20-17-6-10-21-25(16)17/h1-6,9-10,13H,7-8,11-12H2,(H,22,23). The highest BCUT2D eigenvalue weighted by Gasteiger charge is 2.28. The van der Waals surface area contributed by atoms with Crippen molar-refractivity contribution < 1.29 is 4.79 Å². The summed E-state index contributed by atoms with van der Waals surface area (Å²) >= 11 is 0. The number of nitrogens with zero attached hydrogens (tertiary/aromatic N) is 5. The summed E-state index contributed by atoms with van der Waals surface area (Å²) in [5.41, 5.74) is 3.43. The summed E-state index contributed by atoms with van der Waals surface area (Å²) in [5, 5.41) is 12.5. The SMILES string of the molecule is O=C(c1n[nH]c2ccccc12)N1CCC(c2ccnc3ccnn23)CC1. The van der Waals surface area contributed by atoms with Crippen LogP contribution >= 0.6 is 0 Å². The molecule has 0 bridgehead atoms.